The van der Waals surface area contributed by atoms with Crippen LogP contribution in [-0.4, -0.2) is 22.4 Å². The van der Waals surface area contributed by atoms with E-state index in [0.717, 1.165) is 0 Å². The molecule has 2 N–H and O–H groups in total. The number of aliphatic hydroxyl groups is 2. The number of hydrogen-bond donors (Lipinski definition) is 2. The zero-order valence-corrected chi connectivity index (χ0v) is 10.5. The van der Waals surface area contributed by atoms with Gasteiger partial charge in [-0.15, -0.1) is 0 Å². The molecule has 16 heavy (non-hydrogen) atoms. The summed E-state index contributed by atoms with van der Waals surface area (Å²) in [5.74, 6) is 0.543. The molecule has 1 aromatic carbocycles. The third-order valence-corrected chi connectivity index (χ3v) is 2.24. The molecule has 0 saturated carbocycles. The van der Waals surface area contributed by atoms with Crippen molar-refractivity contribution in [1.29, 1.82) is 0 Å². The molecule has 1 unspecified atom stereocenters. The van der Waals surface area contributed by atoms with Crippen molar-refractivity contribution in [2.24, 2.45) is 0 Å². The van der Waals surface area contributed by atoms with Gasteiger partial charge in [0.1, 0.15) is 12.4 Å². The molecule has 1 rings (SSSR count). The van der Waals surface area contributed by atoms with E-state index >= 15 is 0 Å². The van der Waals surface area contributed by atoms with Gasteiger partial charge in [0.2, 0.25) is 0 Å². The van der Waals surface area contributed by atoms with Gasteiger partial charge >= 0.3 is 0 Å². The van der Waals surface area contributed by atoms with Crippen LogP contribution in [0.2, 0.25) is 5.02 Å². The summed E-state index contributed by atoms with van der Waals surface area (Å²) < 4.78 is 5.45. The molecule has 0 spiro atoms. The van der Waals surface area contributed by atoms with E-state index in [4.69, 9.17) is 16.3 Å². The fraction of sp³-hybridized carbons (Fsp3) is 0.500. The first kappa shape index (κ1) is 13.3. The first-order chi connectivity index (χ1) is 7.29. The largest absolute Gasteiger partial charge is 0.490 e. The Morgan fingerprint density at radius 1 is 1.44 bits per heavy atom. The van der Waals surface area contributed by atoms with E-state index in [2.05, 4.69) is 0 Å². The van der Waals surface area contributed by atoms with Crippen LogP contribution in [0, 0.1) is 0 Å². The number of rotatable bonds is 4. The second kappa shape index (κ2) is 5.04. The monoisotopic (exact) mass is 244 g/mol. The van der Waals surface area contributed by atoms with Crippen molar-refractivity contribution in [3.63, 3.8) is 0 Å². The van der Waals surface area contributed by atoms with Crippen LogP contribution >= 0.6 is 11.6 Å². The summed E-state index contributed by atoms with van der Waals surface area (Å²) in [5.41, 5.74) is -0.285. The van der Waals surface area contributed by atoms with Crippen LogP contribution in [0.15, 0.2) is 18.2 Å². The minimum Gasteiger partial charge on any atom is -0.490 e. The Balaban J connectivity index is 2.87. The second-order valence-corrected chi connectivity index (χ2v) is 4.90. The minimum atomic E-state index is -0.907. The molecule has 0 heterocycles. The molecule has 0 saturated heterocycles. The highest BCUT2D eigenvalue weighted by atomic mass is 35.5. The number of ether oxygens (including phenoxy) is 1. The smallest absolute Gasteiger partial charge is 0.125 e. The maximum atomic E-state index is 9.56. The van der Waals surface area contributed by atoms with E-state index in [0.29, 0.717) is 16.3 Å². The first-order valence-corrected chi connectivity index (χ1v) is 5.50. The van der Waals surface area contributed by atoms with E-state index in [9.17, 15) is 10.2 Å². The Bertz CT molecular complexity index is 356. The fourth-order valence-corrected chi connectivity index (χ4v) is 1.41. The lowest BCUT2D eigenvalue weighted by atomic mass is 10.1. The summed E-state index contributed by atoms with van der Waals surface area (Å²) in [6, 6.07) is 5.04. The summed E-state index contributed by atoms with van der Waals surface area (Å²) in [6.45, 7) is 5.12. The van der Waals surface area contributed by atoms with Gasteiger partial charge in [0.05, 0.1) is 11.7 Å². The standard InChI is InChI=1S/C12H17ClO3/c1-8(14)10-6-9(13)4-5-11(10)16-7-12(2,3)15/h4-6,8,14-15H,7H2,1-3H3. The molecule has 0 amide bonds. The van der Waals surface area contributed by atoms with Crippen molar-refractivity contribution in [1.82, 2.24) is 0 Å². The summed E-state index contributed by atoms with van der Waals surface area (Å²) in [6.07, 6.45) is -0.657. The summed E-state index contributed by atoms with van der Waals surface area (Å²) in [5, 5.41) is 19.7. The lowest BCUT2D eigenvalue weighted by Gasteiger charge is -2.20. The molecular weight excluding hydrogens is 228 g/mol. The van der Waals surface area contributed by atoms with Crippen LogP contribution in [0.1, 0.15) is 32.4 Å². The number of benzene rings is 1. The first-order valence-electron chi connectivity index (χ1n) is 5.12. The molecule has 0 radical (unpaired) electrons. The maximum absolute atomic E-state index is 9.56. The Labute approximate surface area is 101 Å². The van der Waals surface area contributed by atoms with Gasteiger partial charge in [-0.25, -0.2) is 0 Å². The summed E-state index contributed by atoms with van der Waals surface area (Å²) in [4.78, 5) is 0. The average molecular weight is 245 g/mol. The predicted octanol–water partition coefficient (Wildman–Crippen LogP) is 2.54. The van der Waals surface area contributed by atoms with Gasteiger partial charge in [0.25, 0.3) is 0 Å². The fourth-order valence-electron chi connectivity index (χ4n) is 1.23. The van der Waals surface area contributed by atoms with Crippen molar-refractivity contribution in [2.75, 3.05) is 6.61 Å². The van der Waals surface area contributed by atoms with Crippen molar-refractivity contribution in [3.8, 4) is 5.75 Å². The Kier molecular flexibility index (Phi) is 4.19. The van der Waals surface area contributed by atoms with Gasteiger partial charge < -0.3 is 14.9 Å². The van der Waals surface area contributed by atoms with E-state index in [1.165, 1.54) is 0 Å². The van der Waals surface area contributed by atoms with Gasteiger partial charge in [-0.05, 0) is 39.0 Å². The molecule has 0 aliphatic rings. The van der Waals surface area contributed by atoms with Crippen molar-refractivity contribution in [3.05, 3.63) is 28.8 Å². The highest BCUT2D eigenvalue weighted by Crippen LogP contribution is 2.28. The topological polar surface area (TPSA) is 49.7 Å². The van der Waals surface area contributed by atoms with Crippen LogP contribution in [0.5, 0.6) is 5.75 Å². The van der Waals surface area contributed by atoms with E-state index in [-0.39, 0.29) is 6.61 Å². The molecular formula is C12H17ClO3. The van der Waals surface area contributed by atoms with Gasteiger partial charge in [-0.3, -0.25) is 0 Å². The molecule has 0 aliphatic heterocycles. The summed E-state index contributed by atoms with van der Waals surface area (Å²) in [7, 11) is 0. The lowest BCUT2D eigenvalue weighted by molar-refractivity contribution is 0.0272. The second-order valence-electron chi connectivity index (χ2n) is 4.46. The molecule has 1 atom stereocenters. The molecule has 1 aromatic rings. The van der Waals surface area contributed by atoms with E-state index in [1.54, 1.807) is 39.0 Å². The minimum absolute atomic E-state index is 0.161. The molecule has 0 aliphatic carbocycles. The third-order valence-electron chi connectivity index (χ3n) is 2.00. The van der Waals surface area contributed by atoms with E-state index < -0.39 is 11.7 Å². The lowest BCUT2D eigenvalue weighted by Crippen LogP contribution is -2.28. The van der Waals surface area contributed by atoms with Crippen LogP contribution in [0.25, 0.3) is 0 Å². The summed E-state index contributed by atoms with van der Waals surface area (Å²) >= 11 is 5.83. The van der Waals surface area contributed by atoms with Crippen LogP contribution in [0.4, 0.5) is 0 Å². The number of halogens is 1. The Hall–Kier alpha value is -0.770. The molecule has 0 aromatic heterocycles. The molecule has 4 heteroatoms. The third kappa shape index (κ3) is 4.00. The van der Waals surface area contributed by atoms with E-state index in [1.807, 2.05) is 0 Å². The molecule has 0 bridgehead atoms. The zero-order valence-electron chi connectivity index (χ0n) is 9.70. The van der Waals surface area contributed by atoms with Crippen molar-refractivity contribution in [2.45, 2.75) is 32.5 Å². The Morgan fingerprint density at radius 2 is 2.06 bits per heavy atom. The number of aliphatic hydroxyl groups excluding tert-OH is 1. The zero-order chi connectivity index (χ0) is 12.3. The van der Waals surface area contributed by atoms with Crippen LogP contribution in [0.3, 0.4) is 0 Å². The molecule has 3 nitrogen and oxygen atoms in total. The van der Waals surface area contributed by atoms with Crippen LogP contribution < -0.4 is 4.74 Å². The number of hydrogen-bond acceptors (Lipinski definition) is 3. The highest BCUT2D eigenvalue weighted by Gasteiger charge is 2.16. The van der Waals surface area contributed by atoms with Gasteiger partial charge in [0.15, 0.2) is 0 Å². The Morgan fingerprint density at radius 3 is 2.56 bits per heavy atom. The predicted molar refractivity (Wildman–Crippen MR) is 63.9 cm³/mol. The maximum Gasteiger partial charge on any atom is 0.125 e. The van der Waals surface area contributed by atoms with Crippen LogP contribution in [-0.2, 0) is 0 Å². The normalized spacial score (nSPS) is 13.6. The molecule has 90 valence electrons. The van der Waals surface area contributed by atoms with Gasteiger partial charge in [-0.2, -0.15) is 0 Å². The quantitative estimate of drug-likeness (QED) is 0.856. The average Bonchev–Trinajstić information content (AvgIpc) is 2.14. The van der Waals surface area contributed by atoms with Crippen molar-refractivity contribution < 1.29 is 14.9 Å². The highest BCUT2D eigenvalue weighted by molar-refractivity contribution is 6.30. The van der Waals surface area contributed by atoms with Gasteiger partial charge in [-0.1, -0.05) is 11.6 Å². The SMILES string of the molecule is CC(O)c1cc(Cl)ccc1OCC(C)(C)O. The molecule has 0 fully saturated rings. The van der Waals surface area contributed by atoms with Crippen molar-refractivity contribution >= 4 is 11.6 Å². The van der Waals surface area contributed by atoms with Gasteiger partial charge in [0, 0.05) is 10.6 Å².